The number of hydrogen-bond acceptors (Lipinski definition) is 6. The second-order valence-corrected chi connectivity index (χ2v) is 6.00. The third kappa shape index (κ3) is 3.95. The number of nitrogens with one attached hydrogen (secondary N) is 1. The molecule has 2 unspecified atom stereocenters. The molecule has 128 valence electrons. The van der Waals surface area contributed by atoms with Crippen LogP contribution in [-0.4, -0.2) is 37.3 Å². The summed E-state index contributed by atoms with van der Waals surface area (Å²) in [4.78, 5) is 42.5. The van der Waals surface area contributed by atoms with Crippen LogP contribution in [0.15, 0.2) is 24.3 Å². The minimum atomic E-state index is -1.21. The lowest BCUT2D eigenvalue weighted by atomic mass is 9.62. The Morgan fingerprint density at radius 2 is 2.04 bits per heavy atom. The lowest BCUT2D eigenvalue weighted by Gasteiger charge is -2.40. The summed E-state index contributed by atoms with van der Waals surface area (Å²) in [5, 5.41) is 0. The number of carbonyl (C=O) groups excluding carboxylic acids is 3. The summed E-state index contributed by atoms with van der Waals surface area (Å²) in [6, 6.07) is -1.21. The van der Waals surface area contributed by atoms with Crippen molar-refractivity contribution in [2.45, 2.75) is 39.7 Å². The summed E-state index contributed by atoms with van der Waals surface area (Å²) in [6.07, 6.45) is 4.83. The molecule has 0 aliphatic heterocycles. The van der Waals surface area contributed by atoms with E-state index in [0.717, 1.165) is 6.42 Å². The van der Waals surface area contributed by atoms with Gasteiger partial charge in [0.1, 0.15) is 5.92 Å². The number of rotatable bonds is 7. The van der Waals surface area contributed by atoms with Gasteiger partial charge in [0.25, 0.3) is 0 Å². The number of unbranched alkanes of at least 4 members (excludes halogenated alkanes) is 1. The zero-order chi connectivity index (χ0) is 17.6. The minimum Gasteiger partial charge on any atom is -0.468 e. The molecule has 1 rings (SSSR count). The monoisotopic (exact) mass is 323 g/mol. The molecular formula is C17H25NO5. The standard InChI is InChI=1S/C17H25NO5/c1-6-8-9-11-14(19)13(18-23-10-7-2)15(20)12(16(21)22-5)17(11,3)4/h7,9,12-13,18H,2,6,8,10H2,1,3-5H3. The Balaban J connectivity index is 3.25. The predicted octanol–water partition coefficient (Wildman–Crippen LogP) is 1.76. The molecule has 0 amide bonds. The first-order valence-corrected chi connectivity index (χ1v) is 7.67. The Labute approximate surface area is 136 Å². The van der Waals surface area contributed by atoms with Crippen LogP contribution in [0, 0.1) is 11.3 Å². The number of hydrogen-bond donors (Lipinski definition) is 1. The zero-order valence-electron chi connectivity index (χ0n) is 14.2. The lowest BCUT2D eigenvalue weighted by Crippen LogP contribution is -2.58. The molecule has 0 radical (unpaired) electrons. The van der Waals surface area contributed by atoms with Crippen LogP contribution < -0.4 is 5.48 Å². The Kier molecular flexibility index (Phi) is 6.84. The van der Waals surface area contributed by atoms with Gasteiger partial charge in [-0.25, -0.2) is 0 Å². The molecule has 0 aromatic heterocycles. The van der Waals surface area contributed by atoms with E-state index in [-0.39, 0.29) is 12.4 Å². The van der Waals surface area contributed by atoms with Crippen molar-refractivity contribution in [3.05, 3.63) is 24.3 Å². The fraction of sp³-hybridized carbons (Fsp3) is 0.588. The highest BCUT2D eigenvalue weighted by Gasteiger charge is 2.54. The van der Waals surface area contributed by atoms with Gasteiger partial charge in [-0.1, -0.05) is 39.3 Å². The summed E-state index contributed by atoms with van der Waals surface area (Å²) >= 11 is 0. The smallest absolute Gasteiger partial charge is 0.317 e. The number of Topliss-reactive ketones (excluding diaryl/α,β-unsaturated/α-hetero) is 2. The second kappa shape index (κ2) is 8.17. The van der Waals surface area contributed by atoms with E-state index in [1.54, 1.807) is 19.9 Å². The highest BCUT2D eigenvalue weighted by molar-refractivity contribution is 6.22. The third-order valence-electron chi connectivity index (χ3n) is 3.99. The molecule has 1 aliphatic rings. The number of carbonyl (C=O) groups is 3. The number of ether oxygens (including phenoxy) is 1. The van der Waals surface area contributed by atoms with Gasteiger partial charge in [-0.15, -0.1) is 6.58 Å². The minimum absolute atomic E-state index is 0.136. The Bertz CT molecular complexity index is 521. The maximum atomic E-state index is 12.7. The quantitative estimate of drug-likeness (QED) is 0.192. The molecule has 0 bridgehead atoms. The molecule has 0 spiro atoms. The van der Waals surface area contributed by atoms with Crippen LogP contribution in [0.25, 0.3) is 0 Å². The number of hydroxylamine groups is 1. The normalized spacial score (nSPS) is 25.5. The van der Waals surface area contributed by atoms with Crippen molar-refractivity contribution >= 4 is 17.5 Å². The van der Waals surface area contributed by atoms with Crippen LogP contribution in [0.1, 0.15) is 33.6 Å². The number of allylic oxidation sites excluding steroid dienone is 1. The van der Waals surface area contributed by atoms with Crippen molar-refractivity contribution in [2.24, 2.45) is 11.3 Å². The summed E-state index contributed by atoms with van der Waals surface area (Å²) < 4.78 is 4.77. The van der Waals surface area contributed by atoms with Crippen LogP contribution in [0.5, 0.6) is 0 Å². The summed E-state index contributed by atoms with van der Waals surface area (Å²) in [5.74, 6) is -2.61. The van der Waals surface area contributed by atoms with E-state index in [9.17, 15) is 14.4 Å². The van der Waals surface area contributed by atoms with E-state index >= 15 is 0 Å². The Morgan fingerprint density at radius 1 is 1.39 bits per heavy atom. The molecule has 2 atom stereocenters. The Hall–Kier alpha value is -1.79. The first-order valence-electron chi connectivity index (χ1n) is 7.67. The maximum absolute atomic E-state index is 12.7. The SMILES string of the molecule is C=CCONC1C(=O)C(=CCCC)C(C)(C)C(C(=O)OC)C1=O. The van der Waals surface area contributed by atoms with E-state index in [1.807, 2.05) is 6.92 Å². The first-order chi connectivity index (χ1) is 10.8. The largest absolute Gasteiger partial charge is 0.468 e. The molecule has 23 heavy (non-hydrogen) atoms. The molecule has 0 aromatic rings. The van der Waals surface area contributed by atoms with E-state index in [4.69, 9.17) is 9.57 Å². The predicted molar refractivity (Wildman–Crippen MR) is 85.4 cm³/mol. The number of ketones is 2. The number of esters is 1. The average Bonchev–Trinajstić information content (AvgIpc) is 2.50. The van der Waals surface area contributed by atoms with Gasteiger partial charge < -0.3 is 4.74 Å². The summed E-state index contributed by atoms with van der Waals surface area (Å²) in [7, 11) is 1.23. The van der Waals surface area contributed by atoms with Gasteiger partial charge in [0.2, 0.25) is 0 Å². The second-order valence-electron chi connectivity index (χ2n) is 6.00. The molecule has 0 aromatic carbocycles. The van der Waals surface area contributed by atoms with E-state index in [2.05, 4.69) is 12.1 Å². The lowest BCUT2D eigenvalue weighted by molar-refractivity contribution is -0.158. The van der Waals surface area contributed by atoms with Gasteiger partial charge in [-0.3, -0.25) is 19.2 Å². The van der Waals surface area contributed by atoms with Crippen molar-refractivity contribution in [1.82, 2.24) is 5.48 Å². The molecule has 6 nitrogen and oxygen atoms in total. The van der Waals surface area contributed by atoms with Crippen LogP contribution >= 0.6 is 0 Å². The molecule has 6 heteroatoms. The highest BCUT2D eigenvalue weighted by Crippen LogP contribution is 2.42. The van der Waals surface area contributed by atoms with Crippen LogP contribution in [0.4, 0.5) is 0 Å². The van der Waals surface area contributed by atoms with Crippen molar-refractivity contribution in [2.75, 3.05) is 13.7 Å². The summed E-state index contributed by atoms with van der Waals surface area (Å²) in [6.45, 7) is 9.05. The zero-order valence-corrected chi connectivity index (χ0v) is 14.2. The van der Waals surface area contributed by atoms with Crippen LogP contribution in [0.3, 0.4) is 0 Å². The maximum Gasteiger partial charge on any atom is 0.317 e. The van der Waals surface area contributed by atoms with Gasteiger partial charge >= 0.3 is 5.97 Å². The average molecular weight is 323 g/mol. The molecule has 1 saturated carbocycles. The van der Waals surface area contributed by atoms with Crippen molar-refractivity contribution in [3.8, 4) is 0 Å². The topological polar surface area (TPSA) is 81.7 Å². The molecule has 0 heterocycles. The van der Waals surface area contributed by atoms with Gasteiger partial charge in [-0.05, 0) is 6.42 Å². The molecule has 1 fully saturated rings. The first kappa shape index (κ1) is 19.3. The fourth-order valence-electron chi connectivity index (χ4n) is 2.76. The van der Waals surface area contributed by atoms with Crippen molar-refractivity contribution in [1.29, 1.82) is 0 Å². The highest BCUT2D eigenvalue weighted by atomic mass is 16.6. The van der Waals surface area contributed by atoms with E-state index < -0.39 is 29.1 Å². The summed E-state index contributed by atoms with van der Waals surface area (Å²) in [5.41, 5.74) is 1.99. The molecule has 1 N–H and O–H groups in total. The van der Waals surface area contributed by atoms with Gasteiger partial charge in [0, 0.05) is 11.0 Å². The number of methoxy groups -OCH3 is 1. The van der Waals surface area contributed by atoms with Gasteiger partial charge in [0.05, 0.1) is 13.7 Å². The van der Waals surface area contributed by atoms with Crippen LogP contribution in [-0.2, 0) is 24.0 Å². The molecule has 0 saturated heterocycles. The van der Waals surface area contributed by atoms with Gasteiger partial charge in [0.15, 0.2) is 17.6 Å². The van der Waals surface area contributed by atoms with Crippen LogP contribution in [0.2, 0.25) is 0 Å². The molecule has 1 aliphatic carbocycles. The van der Waals surface area contributed by atoms with Gasteiger partial charge in [-0.2, -0.15) is 5.48 Å². The van der Waals surface area contributed by atoms with Crippen molar-refractivity contribution < 1.29 is 24.0 Å². The van der Waals surface area contributed by atoms with Crippen molar-refractivity contribution in [3.63, 3.8) is 0 Å². The third-order valence-corrected chi connectivity index (χ3v) is 3.99. The van der Waals surface area contributed by atoms with E-state index in [1.165, 1.54) is 13.2 Å². The van der Waals surface area contributed by atoms with E-state index in [0.29, 0.717) is 12.0 Å². The fourth-order valence-corrected chi connectivity index (χ4v) is 2.76. The Morgan fingerprint density at radius 3 is 2.57 bits per heavy atom. The molecular weight excluding hydrogens is 298 g/mol.